The monoisotopic (exact) mass is 223 g/mol. The number of phenolic OH excluding ortho intramolecular Hbond substituents is 1. The van der Waals surface area contributed by atoms with E-state index in [0.717, 1.165) is 36.8 Å². The van der Waals surface area contributed by atoms with Gasteiger partial charge in [0.25, 0.3) is 0 Å². The molecule has 1 saturated carbocycles. The Morgan fingerprint density at radius 1 is 1.38 bits per heavy atom. The maximum atomic E-state index is 13.4. The molecule has 2 rings (SSSR count). The Kier molecular flexibility index (Phi) is 2.89. The molecule has 3 heteroatoms. The Labute approximate surface area is 95.3 Å². The molecule has 0 amide bonds. The second-order valence-corrected chi connectivity index (χ2v) is 4.81. The molecule has 1 aliphatic carbocycles. The number of phenols is 1. The quantitative estimate of drug-likeness (QED) is 0.809. The lowest BCUT2D eigenvalue weighted by Gasteiger charge is -2.29. The zero-order valence-electron chi connectivity index (χ0n) is 9.59. The van der Waals surface area contributed by atoms with E-state index < -0.39 is 5.82 Å². The van der Waals surface area contributed by atoms with Gasteiger partial charge in [0.2, 0.25) is 0 Å². The van der Waals surface area contributed by atoms with Crippen LogP contribution in [0.5, 0.6) is 5.75 Å². The molecule has 1 fully saturated rings. The van der Waals surface area contributed by atoms with Gasteiger partial charge >= 0.3 is 0 Å². The van der Waals surface area contributed by atoms with Crippen LogP contribution in [0.4, 0.5) is 4.39 Å². The predicted molar refractivity (Wildman–Crippen MR) is 62.0 cm³/mol. The van der Waals surface area contributed by atoms with E-state index in [-0.39, 0.29) is 11.2 Å². The normalized spacial score (nSPS) is 18.9. The zero-order chi connectivity index (χ0) is 11.8. The van der Waals surface area contributed by atoms with Crippen LogP contribution >= 0.6 is 0 Å². The van der Waals surface area contributed by atoms with Crippen LogP contribution in [0, 0.1) is 12.7 Å². The molecule has 3 N–H and O–H groups in total. The highest BCUT2D eigenvalue weighted by atomic mass is 19.1. The van der Waals surface area contributed by atoms with Crippen LogP contribution in [0.3, 0.4) is 0 Å². The lowest BCUT2D eigenvalue weighted by molar-refractivity contribution is 0.419. The lowest BCUT2D eigenvalue weighted by Crippen LogP contribution is -2.32. The van der Waals surface area contributed by atoms with Crippen molar-refractivity contribution in [1.82, 2.24) is 0 Å². The highest BCUT2D eigenvalue weighted by molar-refractivity contribution is 5.40. The first-order chi connectivity index (χ1) is 7.59. The number of benzene rings is 1. The summed E-state index contributed by atoms with van der Waals surface area (Å²) in [4.78, 5) is 0. The summed E-state index contributed by atoms with van der Waals surface area (Å²) in [5, 5.41) is 9.32. The number of hydrogen-bond acceptors (Lipinski definition) is 2. The van der Waals surface area contributed by atoms with Crippen LogP contribution in [-0.4, -0.2) is 11.7 Å². The summed E-state index contributed by atoms with van der Waals surface area (Å²) in [7, 11) is 0. The molecule has 16 heavy (non-hydrogen) atoms. The second kappa shape index (κ2) is 4.06. The summed E-state index contributed by atoms with van der Waals surface area (Å²) in [5.41, 5.74) is 7.71. The van der Waals surface area contributed by atoms with E-state index in [1.165, 1.54) is 12.1 Å². The molecule has 0 radical (unpaired) electrons. The molecule has 0 unspecified atom stereocenters. The van der Waals surface area contributed by atoms with Crippen molar-refractivity contribution < 1.29 is 9.50 Å². The molecule has 0 aromatic heterocycles. The minimum Gasteiger partial charge on any atom is -0.505 e. The molecule has 0 heterocycles. The van der Waals surface area contributed by atoms with Crippen molar-refractivity contribution in [3.05, 3.63) is 29.1 Å². The molecule has 0 bridgehead atoms. The zero-order valence-corrected chi connectivity index (χ0v) is 9.59. The Morgan fingerprint density at radius 3 is 2.56 bits per heavy atom. The number of nitrogens with two attached hydrogens (primary N) is 1. The fourth-order valence-electron chi connectivity index (χ4n) is 2.87. The van der Waals surface area contributed by atoms with Gasteiger partial charge in [-0.25, -0.2) is 4.39 Å². The highest BCUT2D eigenvalue weighted by Gasteiger charge is 2.35. The summed E-state index contributed by atoms with van der Waals surface area (Å²) in [6.07, 6.45) is 4.35. The SMILES string of the molecule is Cc1cc(O)c(F)cc1C1(CN)CCCC1. The topological polar surface area (TPSA) is 46.2 Å². The molecule has 2 nitrogen and oxygen atoms in total. The standard InChI is InChI=1S/C13H18FNO/c1-9-6-12(16)11(14)7-10(9)13(8-15)4-2-3-5-13/h6-7,16H,2-5,8,15H2,1H3. The summed E-state index contributed by atoms with van der Waals surface area (Å²) in [6, 6.07) is 2.96. The maximum absolute atomic E-state index is 13.4. The van der Waals surface area contributed by atoms with E-state index in [1.807, 2.05) is 6.92 Å². The van der Waals surface area contributed by atoms with Gasteiger partial charge < -0.3 is 10.8 Å². The van der Waals surface area contributed by atoms with Crippen molar-refractivity contribution in [3.8, 4) is 5.75 Å². The third-order valence-corrected chi connectivity index (χ3v) is 3.82. The lowest BCUT2D eigenvalue weighted by atomic mass is 9.77. The van der Waals surface area contributed by atoms with Gasteiger partial charge in [-0.1, -0.05) is 12.8 Å². The number of halogens is 1. The minimum absolute atomic E-state index is 0.0708. The molecule has 0 spiro atoms. The Balaban J connectivity index is 2.50. The van der Waals surface area contributed by atoms with E-state index in [1.54, 1.807) is 0 Å². The van der Waals surface area contributed by atoms with Gasteiger partial charge in [0.15, 0.2) is 11.6 Å². The van der Waals surface area contributed by atoms with Crippen LogP contribution in [0.25, 0.3) is 0 Å². The molecule has 1 aromatic carbocycles. The molecular weight excluding hydrogens is 205 g/mol. The third-order valence-electron chi connectivity index (χ3n) is 3.82. The number of hydrogen-bond donors (Lipinski definition) is 2. The molecule has 0 aliphatic heterocycles. The van der Waals surface area contributed by atoms with Crippen LogP contribution < -0.4 is 5.73 Å². The molecule has 1 aromatic rings. The van der Waals surface area contributed by atoms with Gasteiger partial charge in [0.05, 0.1) is 0 Å². The smallest absolute Gasteiger partial charge is 0.165 e. The molecule has 1 aliphatic rings. The van der Waals surface area contributed by atoms with Gasteiger partial charge in [-0.05, 0) is 43.0 Å². The van der Waals surface area contributed by atoms with Crippen molar-refractivity contribution in [2.45, 2.75) is 38.0 Å². The minimum atomic E-state index is -0.541. The Bertz CT molecular complexity index is 397. The number of rotatable bonds is 2. The van der Waals surface area contributed by atoms with Crippen LogP contribution in [-0.2, 0) is 5.41 Å². The largest absolute Gasteiger partial charge is 0.505 e. The fourth-order valence-corrected chi connectivity index (χ4v) is 2.87. The number of aryl methyl sites for hydroxylation is 1. The third kappa shape index (κ3) is 1.69. The maximum Gasteiger partial charge on any atom is 0.165 e. The van der Waals surface area contributed by atoms with Crippen molar-refractivity contribution in [2.24, 2.45) is 5.73 Å². The molecular formula is C13H18FNO. The first-order valence-electron chi connectivity index (χ1n) is 5.79. The number of aromatic hydroxyl groups is 1. The van der Waals surface area contributed by atoms with E-state index in [0.29, 0.717) is 6.54 Å². The second-order valence-electron chi connectivity index (χ2n) is 4.81. The first kappa shape index (κ1) is 11.4. The van der Waals surface area contributed by atoms with Crippen molar-refractivity contribution >= 4 is 0 Å². The molecule has 0 saturated heterocycles. The molecule has 0 atom stereocenters. The van der Waals surface area contributed by atoms with Crippen LogP contribution in [0.2, 0.25) is 0 Å². The Morgan fingerprint density at radius 2 is 2.00 bits per heavy atom. The van der Waals surface area contributed by atoms with Gasteiger partial charge in [0.1, 0.15) is 0 Å². The average molecular weight is 223 g/mol. The van der Waals surface area contributed by atoms with Crippen molar-refractivity contribution in [2.75, 3.05) is 6.54 Å². The van der Waals surface area contributed by atoms with Crippen LogP contribution in [0.1, 0.15) is 36.8 Å². The predicted octanol–water partition coefficient (Wildman–Crippen LogP) is 2.61. The van der Waals surface area contributed by atoms with Crippen molar-refractivity contribution in [1.29, 1.82) is 0 Å². The van der Waals surface area contributed by atoms with E-state index in [9.17, 15) is 9.50 Å². The summed E-state index contributed by atoms with van der Waals surface area (Å²) < 4.78 is 13.4. The highest BCUT2D eigenvalue weighted by Crippen LogP contribution is 2.42. The summed E-state index contributed by atoms with van der Waals surface area (Å²) >= 11 is 0. The van der Waals surface area contributed by atoms with Crippen molar-refractivity contribution in [3.63, 3.8) is 0 Å². The van der Waals surface area contributed by atoms with E-state index in [4.69, 9.17) is 5.73 Å². The van der Waals surface area contributed by atoms with Gasteiger partial charge in [-0.2, -0.15) is 0 Å². The van der Waals surface area contributed by atoms with E-state index in [2.05, 4.69) is 0 Å². The van der Waals surface area contributed by atoms with Gasteiger partial charge in [-0.3, -0.25) is 0 Å². The van der Waals surface area contributed by atoms with E-state index >= 15 is 0 Å². The summed E-state index contributed by atoms with van der Waals surface area (Å²) in [5.74, 6) is -0.813. The first-order valence-corrected chi connectivity index (χ1v) is 5.79. The van der Waals surface area contributed by atoms with Gasteiger partial charge in [-0.15, -0.1) is 0 Å². The fraction of sp³-hybridized carbons (Fsp3) is 0.538. The summed E-state index contributed by atoms with van der Waals surface area (Å²) in [6.45, 7) is 2.46. The molecule has 88 valence electrons. The Hall–Kier alpha value is -1.09. The average Bonchev–Trinajstić information content (AvgIpc) is 2.73. The van der Waals surface area contributed by atoms with Gasteiger partial charge in [0, 0.05) is 12.0 Å². The van der Waals surface area contributed by atoms with Crippen LogP contribution in [0.15, 0.2) is 12.1 Å².